The van der Waals surface area contributed by atoms with Crippen LogP contribution in [0.15, 0.2) is 57.7 Å². The van der Waals surface area contributed by atoms with E-state index in [1.165, 1.54) is 6.92 Å². The minimum absolute atomic E-state index is 0.0903. The molecular weight excluding hydrogens is 308 g/mol. The number of hydrogen-bond acceptors (Lipinski definition) is 4. The van der Waals surface area contributed by atoms with Crippen molar-refractivity contribution in [3.8, 4) is 17.1 Å². The zero-order valence-electron chi connectivity index (χ0n) is 13.3. The van der Waals surface area contributed by atoms with E-state index in [1.807, 2.05) is 19.1 Å². The van der Waals surface area contributed by atoms with Gasteiger partial charge in [-0.2, -0.15) is 0 Å². The number of rotatable bonds is 4. The molecule has 1 N–H and O–H groups in total. The van der Waals surface area contributed by atoms with Crippen LogP contribution in [-0.4, -0.2) is 17.2 Å². The van der Waals surface area contributed by atoms with Gasteiger partial charge in [-0.25, -0.2) is 4.79 Å². The fraction of sp³-hybridized carbons (Fsp3) is 0.158. The molecule has 0 saturated carbocycles. The molecule has 0 fully saturated rings. The molecule has 5 heteroatoms. The first-order valence-corrected chi connectivity index (χ1v) is 7.49. The second kappa shape index (κ2) is 6.20. The highest BCUT2D eigenvalue weighted by molar-refractivity contribution is 5.82. The van der Waals surface area contributed by atoms with Crippen LogP contribution in [0.1, 0.15) is 12.5 Å². The van der Waals surface area contributed by atoms with Crippen molar-refractivity contribution in [3.05, 3.63) is 64.3 Å². The Morgan fingerprint density at radius 1 is 1.12 bits per heavy atom. The standard InChI is InChI=1S/C19H16O5/c1-11-7-9-13(10-8-11)17-18(23-12(2)19(21)22)16(20)14-5-3-4-6-15(14)24-17/h3-10,12H,1-2H3,(H,21,22)/t12-/m1/s1. The zero-order valence-corrected chi connectivity index (χ0v) is 13.3. The van der Waals surface area contributed by atoms with E-state index in [4.69, 9.17) is 14.3 Å². The molecule has 2 aromatic carbocycles. The Bertz CT molecular complexity index is 954. The molecule has 0 aliphatic heterocycles. The third-order valence-corrected chi connectivity index (χ3v) is 3.71. The average Bonchev–Trinajstić information content (AvgIpc) is 2.58. The van der Waals surface area contributed by atoms with Crippen molar-refractivity contribution >= 4 is 16.9 Å². The van der Waals surface area contributed by atoms with Gasteiger partial charge >= 0.3 is 5.97 Å². The van der Waals surface area contributed by atoms with E-state index >= 15 is 0 Å². The van der Waals surface area contributed by atoms with Gasteiger partial charge in [0.1, 0.15) is 5.58 Å². The van der Waals surface area contributed by atoms with Crippen molar-refractivity contribution in [3.63, 3.8) is 0 Å². The van der Waals surface area contributed by atoms with E-state index in [-0.39, 0.29) is 16.9 Å². The SMILES string of the molecule is Cc1ccc(-c2oc3ccccc3c(=O)c2O[C@H](C)C(=O)O)cc1. The van der Waals surface area contributed by atoms with Crippen molar-refractivity contribution in [2.75, 3.05) is 0 Å². The Kier molecular flexibility index (Phi) is 4.08. The second-order valence-corrected chi connectivity index (χ2v) is 5.55. The van der Waals surface area contributed by atoms with E-state index in [0.29, 0.717) is 16.5 Å². The van der Waals surface area contributed by atoms with Crippen LogP contribution in [0.3, 0.4) is 0 Å². The molecule has 1 aromatic heterocycles. The second-order valence-electron chi connectivity index (χ2n) is 5.55. The fourth-order valence-corrected chi connectivity index (χ4v) is 2.35. The van der Waals surface area contributed by atoms with Crippen LogP contribution in [0.4, 0.5) is 0 Å². The Labute approximate surface area is 138 Å². The molecule has 0 aliphatic carbocycles. The van der Waals surface area contributed by atoms with Crippen LogP contribution in [0, 0.1) is 6.92 Å². The van der Waals surface area contributed by atoms with Crippen LogP contribution in [-0.2, 0) is 4.79 Å². The van der Waals surface area contributed by atoms with Gasteiger partial charge in [0.05, 0.1) is 5.39 Å². The summed E-state index contributed by atoms with van der Waals surface area (Å²) in [6, 6.07) is 14.2. The number of aryl methyl sites for hydroxylation is 1. The van der Waals surface area contributed by atoms with Gasteiger partial charge in [0.2, 0.25) is 11.2 Å². The van der Waals surface area contributed by atoms with E-state index in [9.17, 15) is 9.59 Å². The predicted molar refractivity (Wildman–Crippen MR) is 90.4 cm³/mol. The molecule has 3 rings (SSSR count). The summed E-state index contributed by atoms with van der Waals surface area (Å²) >= 11 is 0. The number of para-hydroxylation sites is 1. The summed E-state index contributed by atoms with van der Waals surface area (Å²) in [6.45, 7) is 3.32. The van der Waals surface area contributed by atoms with Gasteiger partial charge in [-0.1, -0.05) is 42.0 Å². The fourth-order valence-electron chi connectivity index (χ4n) is 2.35. The van der Waals surface area contributed by atoms with Crippen molar-refractivity contribution in [2.24, 2.45) is 0 Å². The first-order valence-electron chi connectivity index (χ1n) is 7.49. The van der Waals surface area contributed by atoms with E-state index in [2.05, 4.69) is 0 Å². The lowest BCUT2D eigenvalue weighted by Gasteiger charge is -2.14. The number of carboxylic acid groups (broad SMARTS) is 1. The smallest absolute Gasteiger partial charge is 0.344 e. The summed E-state index contributed by atoms with van der Waals surface area (Å²) in [5, 5.41) is 9.44. The molecule has 24 heavy (non-hydrogen) atoms. The molecule has 1 heterocycles. The normalized spacial score (nSPS) is 12.1. The van der Waals surface area contributed by atoms with Gasteiger partial charge in [0.25, 0.3) is 0 Å². The van der Waals surface area contributed by atoms with E-state index < -0.39 is 12.1 Å². The molecule has 0 aliphatic rings. The highest BCUT2D eigenvalue weighted by Gasteiger charge is 2.22. The van der Waals surface area contributed by atoms with Crippen molar-refractivity contribution in [1.82, 2.24) is 0 Å². The molecule has 1 atom stereocenters. The summed E-state index contributed by atoms with van der Waals surface area (Å²) in [6.07, 6.45) is -1.17. The molecular formula is C19H16O5. The number of ether oxygens (including phenoxy) is 1. The molecule has 0 saturated heterocycles. The largest absolute Gasteiger partial charge is 0.479 e. The van der Waals surface area contributed by atoms with Gasteiger partial charge in [0.15, 0.2) is 11.9 Å². The number of hydrogen-bond donors (Lipinski definition) is 1. The molecule has 0 spiro atoms. The molecule has 0 unspecified atom stereocenters. The zero-order chi connectivity index (χ0) is 17.3. The third-order valence-electron chi connectivity index (χ3n) is 3.71. The van der Waals surface area contributed by atoms with Gasteiger partial charge in [-0.05, 0) is 26.0 Å². The summed E-state index contributed by atoms with van der Waals surface area (Å²) < 4.78 is 11.3. The predicted octanol–water partition coefficient (Wildman–Crippen LogP) is 3.62. The van der Waals surface area contributed by atoms with E-state index in [0.717, 1.165) is 5.56 Å². The highest BCUT2D eigenvalue weighted by atomic mass is 16.5. The lowest BCUT2D eigenvalue weighted by atomic mass is 10.1. The molecule has 122 valence electrons. The maximum Gasteiger partial charge on any atom is 0.344 e. The van der Waals surface area contributed by atoms with Crippen molar-refractivity contribution in [2.45, 2.75) is 20.0 Å². The lowest BCUT2D eigenvalue weighted by molar-refractivity contribution is -0.144. The van der Waals surface area contributed by atoms with E-state index in [1.54, 1.807) is 36.4 Å². The highest BCUT2D eigenvalue weighted by Crippen LogP contribution is 2.31. The quantitative estimate of drug-likeness (QED) is 0.793. The minimum Gasteiger partial charge on any atom is -0.479 e. The van der Waals surface area contributed by atoms with Crippen molar-refractivity contribution in [1.29, 1.82) is 0 Å². The lowest BCUT2D eigenvalue weighted by Crippen LogP contribution is -2.26. The van der Waals surface area contributed by atoms with Crippen LogP contribution < -0.4 is 10.2 Å². The number of fused-ring (bicyclic) bond motifs is 1. The van der Waals surface area contributed by atoms with Crippen LogP contribution in [0.2, 0.25) is 0 Å². The van der Waals surface area contributed by atoms with Crippen LogP contribution >= 0.6 is 0 Å². The Morgan fingerprint density at radius 3 is 2.46 bits per heavy atom. The molecule has 0 amide bonds. The summed E-state index contributed by atoms with van der Waals surface area (Å²) in [5.74, 6) is -1.02. The van der Waals surface area contributed by atoms with Crippen molar-refractivity contribution < 1.29 is 19.1 Å². The summed E-state index contributed by atoms with van der Waals surface area (Å²) in [5.41, 5.74) is 1.74. The minimum atomic E-state index is -1.17. The molecule has 5 nitrogen and oxygen atoms in total. The molecule has 0 radical (unpaired) electrons. The Balaban J connectivity index is 2.26. The maximum atomic E-state index is 12.8. The van der Waals surface area contributed by atoms with Crippen LogP contribution in [0.25, 0.3) is 22.3 Å². The monoisotopic (exact) mass is 324 g/mol. The van der Waals surface area contributed by atoms with Crippen LogP contribution in [0.5, 0.6) is 5.75 Å². The molecule has 0 bridgehead atoms. The first kappa shape index (κ1) is 15.8. The summed E-state index contributed by atoms with van der Waals surface area (Å²) in [7, 11) is 0. The van der Waals surface area contributed by atoms with Gasteiger partial charge < -0.3 is 14.3 Å². The number of aliphatic carboxylic acids is 1. The number of carboxylic acids is 1. The number of benzene rings is 2. The van der Waals surface area contributed by atoms with Gasteiger partial charge in [0, 0.05) is 5.56 Å². The third kappa shape index (κ3) is 2.88. The topological polar surface area (TPSA) is 76.7 Å². The average molecular weight is 324 g/mol. The molecule has 3 aromatic rings. The Hall–Kier alpha value is -3.08. The van der Waals surface area contributed by atoms with Gasteiger partial charge in [-0.15, -0.1) is 0 Å². The summed E-state index contributed by atoms with van der Waals surface area (Å²) in [4.78, 5) is 23.9. The maximum absolute atomic E-state index is 12.8. The van der Waals surface area contributed by atoms with Gasteiger partial charge in [-0.3, -0.25) is 4.79 Å². The Morgan fingerprint density at radius 2 is 1.79 bits per heavy atom. The number of carbonyl (C=O) groups is 1. The first-order chi connectivity index (χ1) is 11.5.